The van der Waals surface area contributed by atoms with E-state index in [0.29, 0.717) is 12.8 Å². The third-order valence-electron chi connectivity index (χ3n) is 4.25. The fraction of sp³-hybridized carbons (Fsp3) is 0.556. The van der Waals surface area contributed by atoms with Gasteiger partial charge in [-0.05, 0) is 37.6 Å². The van der Waals surface area contributed by atoms with E-state index in [9.17, 15) is 9.59 Å². The van der Waals surface area contributed by atoms with Gasteiger partial charge in [0, 0.05) is 31.6 Å². The van der Waals surface area contributed by atoms with E-state index in [1.165, 1.54) is 0 Å². The minimum atomic E-state index is 0.0126. The number of rotatable bonds is 9. The normalized spacial score (nSPS) is 15.4. The predicted molar refractivity (Wildman–Crippen MR) is 92.9 cm³/mol. The second-order valence-electron chi connectivity index (χ2n) is 6.32. The van der Waals surface area contributed by atoms with Gasteiger partial charge >= 0.3 is 0 Å². The highest BCUT2D eigenvalue weighted by Crippen LogP contribution is 2.15. The molecule has 6 heteroatoms. The van der Waals surface area contributed by atoms with Crippen LogP contribution in [0.1, 0.15) is 32.6 Å². The van der Waals surface area contributed by atoms with E-state index < -0.39 is 0 Å². The van der Waals surface area contributed by atoms with Crippen molar-refractivity contribution in [1.29, 1.82) is 0 Å². The van der Waals surface area contributed by atoms with E-state index in [1.807, 2.05) is 29.2 Å². The molecule has 0 bridgehead atoms. The molecule has 1 aromatic carbocycles. The first-order valence-corrected chi connectivity index (χ1v) is 8.63. The predicted octanol–water partition coefficient (Wildman–Crippen LogP) is 0.988. The van der Waals surface area contributed by atoms with Crippen LogP contribution in [0.5, 0.6) is 5.75 Å². The Balaban J connectivity index is 1.61. The number of hydrogen-bond acceptors (Lipinski definition) is 3. The SMILES string of the molecule is COc1ccc(NC(=O)C[C@H](C)[NH2+]CCCN2CCCC2=O)cc1. The minimum absolute atomic E-state index is 0.0126. The Labute approximate surface area is 143 Å². The van der Waals surface area contributed by atoms with Gasteiger partial charge in [0.1, 0.15) is 5.75 Å². The molecule has 1 aromatic rings. The number of anilines is 1. The van der Waals surface area contributed by atoms with E-state index in [1.54, 1.807) is 7.11 Å². The number of hydrogen-bond donors (Lipinski definition) is 2. The molecule has 0 unspecified atom stereocenters. The summed E-state index contributed by atoms with van der Waals surface area (Å²) in [6.07, 6.45) is 3.13. The van der Waals surface area contributed by atoms with Crippen molar-refractivity contribution in [2.75, 3.05) is 32.1 Å². The lowest BCUT2D eigenvalue weighted by molar-refractivity contribution is -0.685. The molecule has 6 nitrogen and oxygen atoms in total. The van der Waals surface area contributed by atoms with Crippen LogP contribution in [0.4, 0.5) is 5.69 Å². The van der Waals surface area contributed by atoms with Crippen LogP contribution in [0.15, 0.2) is 24.3 Å². The standard InChI is InChI=1S/C18H27N3O3/c1-14(19-10-4-12-21-11-3-5-18(21)23)13-17(22)20-15-6-8-16(24-2)9-7-15/h6-9,14,19H,3-5,10-13H2,1-2H3,(H,20,22)/p+1/t14-/m0/s1. The van der Waals surface area contributed by atoms with E-state index >= 15 is 0 Å². The Hall–Kier alpha value is -2.08. The first kappa shape index (κ1) is 18.3. The fourth-order valence-corrected chi connectivity index (χ4v) is 2.89. The summed E-state index contributed by atoms with van der Waals surface area (Å²) in [5.74, 6) is 1.06. The molecule has 0 radical (unpaired) electrons. The lowest BCUT2D eigenvalue weighted by Crippen LogP contribution is -2.89. The van der Waals surface area contributed by atoms with Gasteiger partial charge < -0.3 is 20.3 Å². The lowest BCUT2D eigenvalue weighted by Gasteiger charge is -2.16. The summed E-state index contributed by atoms with van der Waals surface area (Å²) in [6, 6.07) is 7.53. The van der Waals surface area contributed by atoms with E-state index in [-0.39, 0.29) is 17.9 Å². The molecule has 0 aromatic heterocycles. The molecule has 1 saturated heterocycles. The number of nitrogens with one attached hydrogen (secondary N) is 1. The van der Waals surface area contributed by atoms with Gasteiger partial charge in [-0.3, -0.25) is 9.59 Å². The smallest absolute Gasteiger partial charge is 0.230 e. The van der Waals surface area contributed by atoms with Gasteiger partial charge in [-0.25, -0.2) is 0 Å². The maximum atomic E-state index is 12.0. The molecule has 1 aliphatic heterocycles. The van der Waals surface area contributed by atoms with Crippen molar-refractivity contribution in [3.8, 4) is 5.75 Å². The number of methoxy groups -OCH3 is 1. The number of nitrogens with zero attached hydrogens (tertiary/aromatic N) is 1. The topological polar surface area (TPSA) is 75.2 Å². The van der Waals surface area contributed by atoms with Gasteiger partial charge in [0.2, 0.25) is 11.8 Å². The molecule has 2 rings (SSSR count). The van der Waals surface area contributed by atoms with Crippen molar-refractivity contribution in [2.45, 2.75) is 38.6 Å². The van der Waals surface area contributed by atoms with Crippen molar-refractivity contribution in [3.63, 3.8) is 0 Å². The average Bonchev–Trinajstić information content (AvgIpc) is 2.97. The highest BCUT2D eigenvalue weighted by Gasteiger charge is 2.19. The summed E-state index contributed by atoms with van der Waals surface area (Å²) in [7, 11) is 1.62. The Kier molecular flexibility index (Phi) is 7.06. The van der Waals surface area contributed by atoms with Crippen molar-refractivity contribution < 1.29 is 19.6 Å². The molecule has 132 valence electrons. The average molecular weight is 334 g/mol. The minimum Gasteiger partial charge on any atom is -0.497 e. The number of likely N-dealkylation sites (tertiary alicyclic amines) is 1. The number of benzene rings is 1. The molecule has 0 spiro atoms. The highest BCUT2D eigenvalue weighted by atomic mass is 16.5. The molecule has 0 aliphatic carbocycles. The van der Waals surface area contributed by atoms with E-state index in [0.717, 1.165) is 43.9 Å². The molecular weight excluding hydrogens is 306 g/mol. The zero-order valence-corrected chi connectivity index (χ0v) is 14.6. The molecule has 3 N–H and O–H groups in total. The monoisotopic (exact) mass is 334 g/mol. The Morgan fingerprint density at radius 3 is 2.75 bits per heavy atom. The number of nitrogens with two attached hydrogens (primary N) is 1. The van der Waals surface area contributed by atoms with Gasteiger partial charge in [0.25, 0.3) is 0 Å². The fourth-order valence-electron chi connectivity index (χ4n) is 2.89. The highest BCUT2D eigenvalue weighted by molar-refractivity contribution is 5.90. The molecular formula is C18H28N3O3+. The summed E-state index contributed by atoms with van der Waals surface area (Å²) in [5.41, 5.74) is 0.778. The van der Waals surface area contributed by atoms with Crippen LogP contribution in [0.3, 0.4) is 0 Å². The molecule has 1 atom stereocenters. The first-order chi connectivity index (χ1) is 11.6. The third-order valence-corrected chi connectivity index (χ3v) is 4.25. The van der Waals surface area contributed by atoms with Gasteiger partial charge in [-0.15, -0.1) is 0 Å². The quantitative estimate of drug-likeness (QED) is 0.661. The Morgan fingerprint density at radius 2 is 2.12 bits per heavy atom. The third kappa shape index (κ3) is 5.85. The second kappa shape index (κ2) is 9.27. The zero-order chi connectivity index (χ0) is 17.4. The molecule has 24 heavy (non-hydrogen) atoms. The maximum Gasteiger partial charge on any atom is 0.230 e. The number of amides is 2. The van der Waals surface area contributed by atoms with Crippen LogP contribution >= 0.6 is 0 Å². The van der Waals surface area contributed by atoms with Crippen LogP contribution in [0, 0.1) is 0 Å². The Bertz CT molecular complexity index is 545. The van der Waals surface area contributed by atoms with Crippen molar-refractivity contribution in [1.82, 2.24) is 4.90 Å². The van der Waals surface area contributed by atoms with Crippen LogP contribution in [0.25, 0.3) is 0 Å². The number of quaternary nitrogens is 1. The summed E-state index contributed by atoms with van der Waals surface area (Å²) in [4.78, 5) is 25.5. The zero-order valence-electron chi connectivity index (χ0n) is 14.6. The second-order valence-corrected chi connectivity index (χ2v) is 6.32. The van der Waals surface area contributed by atoms with Crippen molar-refractivity contribution in [2.24, 2.45) is 0 Å². The van der Waals surface area contributed by atoms with Crippen LogP contribution in [0.2, 0.25) is 0 Å². The summed E-state index contributed by atoms with van der Waals surface area (Å²) in [5, 5.41) is 5.07. The van der Waals surface area contributed by atoms with Crippen LogP contribution < -0.4 is 15.4 Å². The van der Waals surface area contributed by atoms with Crippen LogP contribution in [-0.4, -0.2) is 49.5 Å². The van der Waals surface area contributed by atoms with Gasteiger partial charge in [-0.2, -0.15) is 0 Å². The van der Waals surface area contributed by atoms with Gasteiger partial charge in [-0.1, -0.05) is 0 Å². The van der Waals surface area contributed by atoms with Crippen molar-refractivity contribution in [3.05, 3.63) is 24.3 Å². The summed E-state index contributed by atoms with van der Waals surface area (Å²) >= 11 is 0. The van der Waals surface area contributed by atoms with Gasteiger partial charge in [0.05, 0.1) is 26.1 Å². The molecule has 1 heterocycles. The lowest BCUT2D eigenvalue weighted by atomic mass is 10.2. The number of carbonyl (C=O) groups is 2. The first-order valence-electron chi connectivity index (χ1n) is 8.63. The summed E-state index contributed by atoms with van der Waals surface area (Å²) in [6.45, 7) is 4.72. The molecule has 1 aliphatic rings. The molecule has 1 fully saturated rings. The maximum absolute atomic E-state index is 12.0. The number of ether oxygens (including phenoxy) is 1. The van der Waals surface area contributed by atoms with Gasteiger partial charge in [0.15, 0.2) is 0 Å². The van der Waals surface area contributed by atoms with E-state index in [2.05, 4.69) is 17.6 Å². The van der Waals surface area contributed by atoms with Crippen molar-refractivity contribution >= 4 is 17.5 Å². The summed E-state index contributed by atoms with van der Waals surface area (Å²) < 4.78 is 5.09. The largest absolute Gasteiger partial charge is 0.497 e. The molecule has 2 amide bonds. The van der Waals surface area contributed by atoms with E-state index in [4.69, 9.17) is 4.74 Å². The van der Waals surface area contributed by atoms with Crippen LogP contribution in [-0.2, 0) is 9.59 Å². The number of carbonyl (C=O) groups excluding carboxylic acids is 2. The molecule has 0 saturated carbocycles. The Morgan fingerprint density at radius 1 is 1.38 bits per heavy atom.